The van der Waals surface area contributed by atoms with Crippen molar-refractivity contribution in [1.29, 1.82) is 0 Å². The van der Waals surface area contributed by atoms with Crippen LogP contribution in [0.4, 0.5) is 0 Å². The molecule has 0 saturated carbocycles. The molecule has 1 aromatic rings. The predicted octanol–water partition coefficient (Wildman–Crippen LogP) is 3.11. The largest absolute Gasteiger partial charge is 0.497 e. The number of methoxy groups -OCH3 is 1. The molecule has 0 spiro atoms. The summed E-state index contributed by atoms with van der Waals surface area (Å²) in [5.74, 6) is 1.89. The molecule has 1 heterocycles. The van der Waals surface area contributed by atoms with E-state index in [2.05, 4.69) is 22.3 Å². The van der Waals surface area contributed by atoms with E-state index in [4.69, 9.17) is 9.73 Å². The highest BCUT2D eigenvalue weighted by atomic mass is 127. The average Bonchev–Trinajstić information content (AvgIpc) is 2.63. The molecule has 1 aliphatic heterocycles. The first-order chi connectivity index (χ1) is 12.8. The number of guanidine groups is 1. The van der Waals surface area contributed by atoms with Crippen LogP contribution >= 0.6 is 24.0 Å². The molecule has 0 aliphatic carbocycles. The van der Waals surface area contributed by atoms with E-state index in [1.807, 2.05) is 19.1 Å². The van der Waals surface area contributed by atoms with Gasteiger partial charge in [-0.1, -0.05) is 12.1 Å². The molecule has 2 rings (SSSR count). The van der Waals surface area contributed by atoms with Gasteiger partial charge in [0.15, 0.2) is 15.8 Å². The Morgan fingerprint density at radius 3 is 2.50 bits per heavy atom. The van der Waals surface area contributed by atoms with Crippen LogP contribution in [0.5, 0.6) is 5.75 Å². The number of sulfone groups is 1. The van der Waals surface area contributed by atoms with Crippen molar-refractivity contribution in [3.05, 3.63) is 29.8 Å². The molecule has 0 bridgehead atoms. The zero-order valence-corrected chi connectivity index (χ0v) is 20.5. The van der Waals surface area contributed by atoms with Gasteiger partial charge in [-0.3, -0.25) is 4.99 Å². The van der Waals surface area contributed by atoms with Gasteiger partial charge in [0.05, 0.1) is 17.6 Å². The topological polar surface area (TPSA) is 71.0 Å². The minimum absolute atomic E-state index is 0. The fourth-order valence-corrected chi connectivity index (χ4v) is 4.53. The average molecular weight is 523 g/mol. The predicted molar refractivity (Wildman–Crippen MR) is 127 cm³/mol. The fourth-order valence-electron chi connectivity index (χ4n) is 3.17. The van der Waals surface area contributed by atoms with Crippen molar-refractivity contribution in [2.24, 2.45) is 4.99 Å². The van der Waals surface area contributed by atoms with Crippen LogP contribution in [0.2, 0.25) is 0 Å². The summed E-state index contributed by atoms with van der Waals surface area (Å²) in [6, 6.07) is 8.18. The van der Waals surface area contributed by atoms with Crippen molar-refractivity contribution >= 4 is 39.8 Å². The van der Waals surface area contributed by atoms with E-state index in [0.717, 1.165) is 44.1 Å². The fraction of sp³-hybridized carbons (Fsp3) is 0.650. The van der Waals surface area contributed by atoms with Crippen molar-refractivity contribution in [3.63, 3.8) is 0 Å². The molecule has 6 nitrogen and oxygen atoms in total. The van der Waals surface area contributed by atoms with Crippen molar-refractivity contribution in [2.75, 3.05) is 39.0 Å². The summed E-state index contributed by atoms with van der Waals surface area (Å²) < 4.78 is 28.9. The number of unbranched alkanes of at least 4 members (excludes halogenated alkanes) is 1. The molecule has 1 saturated heterocycles. The molecule has 1 aliphatic rings. The van der Waals surface area contributed by atoms with Gasteiger partial charge in [-0.2, -0.15) is 0 Å². The lowest BCUT2D eigenvalue weighted by atomic mass is 10.1. The number of benzene rings is 1. The van der Waals surface area contributed by atoms with E-state index in [9.17, 15) is 8.42 Å². The summed E-state index contributed by atoms with van der Waals surface area (Å²) in [6.45, 7) is 8.12. The second kappa shape index (κ2) is 11.2. The molecule has 8 heteroatoms. The maximum atomic E-state index is 12.2. The third-order valence-corrected chi connectivity index (χ3v) is 7.51. The second-order valence-electron chi connectivity index (χ2n) is 7.54. The number of rotatable bonds is 7. The van der Waals surface area contributed by atoms with Crippen LogP contribution in [0.3, 0.4) is 0 Å². The molecule has 0 amide bonds. The van der Waals surface area contributed by atoms with Crippen molar-refractivity contribution in [2.45, 2.75) is 44.8 Å². The van der Waals surface area contributed by atoms with Crippen LogP contribution in [0.25, 0.3) is 0 Å². The normalized spacial score (nSPS) is 18.3. The van der Waals surface area contributed by atoms with Gasteiger partial charge < -0.3 is 15.0 Å². The molecule has 28 heavy (non-hydrogen) atoms. The number of ether oxygens (including phenoxy) is 1. The lowest BCUT2D eigenvalue weighted by molar-refractivity contribution is 0.353. The van der Waals surface area contributed by atoms with Crippen molar-refractivity contribution in [3.8, 4) is 5.75 Å². The summed E-state index contributed by atoms with van der Waals surface area (Å²) >= 11 is 0. The first-order valence-electron chi connectivity index (χ1n) is 9.67. The van der Waals surface area contributed by atoms with E-state index in [-0.39, 0.29) is 29.7 Å². The van der Waals surface area contributed by atoms with Crippen LogP contribution in [-0.4, -0.2) is 63.1 Å². The van der Waals surface area contributed by atoms with E-state index >= 15 is 0 Å². The quantitative estimate of drug-likeness (QED) is 0.258. The van der Waals surface area contributed by atoms with Gasteiger partial charge >= 0.3 is 0 Å². The Hall–Kier alpha value is -1.03. The Bertz CT molecular complexity index is 734. The summed E-state index contributed by atoms with van der Waals surface area (Å²) in [4.78, 5) is 6.80. The zero-order chi connectivity index (χ0) is 19.9. The van der Waals surface area contributed by atoms with E-state index < -0.39 is 14.6 Å². The van der Waals surface area contributed by atoms with Crippen molar-refractivity contribution < 1.29 is 13.2 Å². The molecular weight excluding hydrogens is 489 g/mol. The molecule has 0 radical (unpaired) electrons. The Morgan fingerprint density at radius 1 is 1.25 bits per heavy atom. The molecule has 0 aromatic heterocycles. The third kappa shape index (κ3) is 6.79. The zero-order valence-electron chi connectivity index (χ0n) is 17.4. The van der Waals surface area contributed by atoms with E-state index in [1.54, 1.807) is 21.0 Å². The molecule has 1 N–H and O–H groups in total. The summed E-state index contributed by atoms with van der Waals surface area (Å²) in [5, 5.41) is 3.31. The van der Waals surface area contributed by atoms with Gasteiger partial charge in [-0.25, -0.2) is 8.42 Å². The van der Waals surface area contributed by atoms with Gasteiger partial charge in [0.2, 0.25) is 0 Å². The molecule has 0 unspecified atom stereocenters. The Labute approximate surface area is 187 Å². The molecular formula is C20H34IN3O3S. The minimum atomic E-state index is -3.04. The third-order valence-electron chi connectivity index (χ3n) is 4.97. The summed E-state index contributed by atoms with van der Waals surface area (Å²) in [6.07, 6.45) is 3.08. The Kier molecular flexibility index (Phi) is 10.0. The number of hydrogen-bond acceptors (Lipinski definition) is 4. The van der Waals surface area contributed by atoms with Crippen LogP contribution in [-0.2, 0) is 16.3 Å². The first-order valence-corrected chi connectivity index (χ1v) is 11.3. The molecule has 1 fully saturated rings. The number of aliphatic imine (C=N–C) groups is 1. The monoisotopic (exact) mass is 523 g/mol. The van der Waals surface area contributed by atoms with Crippen molar-refractivity contribution in [1.82, 2.24) is 10.2 Å². The maximum Gasteiger partial charge on any atom is 0.193 e. The molecule has 160 valence electrons. The SMILES string of the molecule is CCNC(=NCCCCc1ccc(OC)cc1)N1CCS(=O)(=O)C(C)(C)C1.I. The van der Waals surface area contributed by atoms with Gasteiger partial charge in [0, 0.05) is 26.2 Å². The number of hydrogen-bond donors (Lipinski definition) is 1. The van der Waals surface area contributed by atoms with Crippen LogP contribution in [0.1, 0.15) is 39.2 Å². The summed E-state index contributed by atoms with van der Waals surface area (Å²) in [5.41, 5.74) is 1.30. The maximum absolute atomic E-state index is 12.2. The number of halogens is 1. The molecule has 0 atom stereocenters. The van der Waals surface area contributed by atoms with Gasteiger partial charge in [0.1, 0.15) is 5.75 Å². The standard InChI is InChI=1S/C20H33N3O3S.HI/c1-5-21-19(23-14-15-27(24,25)20(2,3)16-23)22-13-7-6-8-17-9-11-18(26-4)12-10-17;/h9-12H,5-8,13-16H2,1-4H3,(H,21,22);1H. The highest BCUT2D eigenvalue weighted by Crippen LogP contribution is 2.23. The highest BCUT2D eigenvalue weighted by Gasteiger charge is 2.40. The lowest BCUT2D eigenvalue weighted by Crippen LogP contribution is -2.57. The highest BCUT2D eigenvalue weighted by molar-refractivity contribution is 14.0. The first kappa shape index (κ1) is 25.0. The number of nitrogens with one attached hydrogen (secondary N) is 1. The lowest BCUT2D eigenvalue weighted by Gasteiger charge is -2.39. The van der Waals surface area contributed by atoms with Crippen LogP contribution in [0.15, 0.2) is 29.3 Å². The van der Waals surface area contributed by atoms with Crippen LogP contribution in [0, 0.1) is 0 Å². The number of aryl methyl sites for hydroxylation is 1. The minimum Gasteiger partial charge on any atom is -0.497 e. The Balaban J connectivity index is 0.00000392. The van der Waals surface area contributed by atoms with Gasteiger partial charge in [-0.15, -0.1) is 24.0 Å². The van der Waals surface area contributed by atoms with E-state index in [0.29, 0.717) is 13.1 Å². The number of nitrogens with zero attached hydrogens (tertiary/aromatic N) is 2. The smallest absolute Gasteiger partial charge is 0.193 e. The van der Waals surface area contributed by atoms with E-state index in [1.165, 1.54) is 5.56 Å². The van der Waals surface area contributed by atoms with Gasteiger partial charge in [-0.05, 0) is 57.7 Å². The van der Waals surface area contributed by atoms with Gasteiger partial charge in [0.25, 0.3) is 0 Å². The molecule has 1 aromatic carbocycles. The summed E-state index contributed by atoms with van der Waals surface area (Å²) in [7, 11) is -1.37. The second-order valence-corrected chi connectivity index (χ2v) is 10.3. The van der Waals surface area contributed by atoms with Crippen LogP contribution < -0.4 is 10.1 Å². The Morgan fingerprint density at radius 2 is 1.93 bits per heavy atom.